The third-order valence-corrected chi connectivity index (χ3v) is 9.24. The number of carbonyl (C=O) groups excluding carboxylic acids is 1. The van der Waals surface area contributed by atoms with Crippen LogP contribution in [0.1, 0.15) is 41.4 Å². The lowest BCUT2D eigenvalue weighted by Crippen LogP contribution is -2.44. The first-order valence-corrected chi connectivity index (χ1v) is 16.8. The number of sulfone groups is 1. The third-order valence-electron chi connectivity index (χ3n) is 7.91. The third kappa shape index (κ3) is 8.38. The van der Waals surface area contributed by atoms with Crippen molar-refractivity contribution in [2.75, 3.05) is 73.2 Å². The average molecular weight is 644 g/mol. The molecule has 0 unspecified atom stereocenters. The summed E-state index contributed by atoms with van der Waals surface area (Å²) in [7, 11) is -1.85. The van der Waals surface area contributed by atoms with Crippen molar-refractivity contribution >= 4 is 44.7 Å². The molecule has 242 valence electrons. The van der Waals surface area contributed by atoms with Crippen LogP contribution in [-0.2, 0) is 20.3 Å². The van der Waals surface area contributed by atoms with Gasteiger partial charge in [-0.2, -0.15) is 5.10 Å². The highest BCUT2D eigenvalue weighted by atomic mass is 32.2. The largest absolute Gasteiger partial charge is 0.381 e. The summed E-state index contributed by atoms with van der Waals surface area (Å²) in [6, 6.07) is 8.55. The van der Waals surface area contributed by atoms with E-state index in [4.69, 9.17) is 4.74 Å². The van der Waals surface area contributed by atoms with Gasteiger partial charge in [-0.25, -0.2) is 17.2 Å². The van der Waals surface area contributed by atoms with E-state index in [0.717, 1.165) is 62.9 Å². The SMILES string of the molecule is C/C=C\c1[nH]nc(NC(=O)c2ccc(N3CCN(C)CC3)cc2NC2CCOCC2)c1NCS(=O)(=O)Cc1cc(F)ccc1F. The van der Waals surface area contributed by atoms with Crippen molar-refractivity contribution in [3.8, 4) is 0 Å². The number of allylic oxidation sites excluding steroid dienone is 1. The molecule has 3 heterocycles. The molecule has 0 saturated carbocycles. The number of ether oxygens (including phenoxy) is 1. The normalized spacial score (nSPS) is 16.7. The number of amides is 1. The maximum Gasteiger partial charge on any atom is 0.259 e. The van der Waals surface area contributed by atoms with E-state index < -0.39 is 39.0 Å². The van der Waals surface area contributed by atoms with E-state index in [9.17, 15) is 22.0 Å². The molecule has 0 spiro atoms. The van der Waals surface area contributed by atoms with E-state index in [2.05, 4.69) is 43.0 Å². The minimum absolute atomic E-state index is 0.0976. The molecule has 2 aromatic carbocycles. The van der Waals surface area contributed by atoms with E-state index in [1.54, 1.807) is 25.1 Å². The molecular weight excluding hydrogens is 604 g/mol. The van der Waals surface area contributed by atoms with Gasteiger partial charge in [0.25, 0.3) is 5.91 Å². The Balaban J connectivity index is 1.36. The van der Waals surface area contributed by atoms with Crippen LogP contribution in [0, 0.1) is 11.6 Å². The topological polar surface area (TPSA) is 132 Å². The molecule has 2 aliphatic rings. The van der Waals surface area contributed by atoms with Crippen LogP contribution in [0.2, 0.25) is 0 Å². The minimum atomic E-state index is -3.95. The van der Waals surface area contributed by atoms with Gasteiger partial charge in [0.15, 0.2) is 15.7 Å². The number of halogens is 2. The van der Waals surface area contributed by atoms with E-state index in [-0.39, 0.29) is 23.1 Å². The van der Waals surface area contributed by atoms with Gasteiger partial charge in [-0.05, 0) is 69.3 Å². The molecule has 2 aliphatic heterocycles. The van der Waals surface area contributed by atoms with Gasteiger partial charge in [0, 0.05) is 62.4 Å². The number of likely N-dealkylation sites (N-methyl/N-ethyl adjacent to an activating group) is 1. The Bertz CT molecular complexity index is 1630. The van der Waals surface area contributed by atoms with E-state index >= 15 is 0 Å². The van der Waals surface area contributed by atoms with Crippen molar-refractivity contribution < 1.29 is 26.7 Å². The van der Waals surface area contributed by atoms with Crippen molar-refractivity contribution in [2.45, 2.75) is 31.6 Å². The number of carbonyl (C=O) groups is 1. The summed E-state index contributed by atoms with van der Waals surface area (Å²) >= 11 is 0. The second-order valence-corrected chi connectivity index (χ2v) is 13.4. The van der Waals surface area contributed by atoms with E-state index in [1.165, 1.54) is 0 Å². The van der Waals surface area contributed by atoms with Gasteiger partial charge in [-0.15, -0.1) is 0 Å². The Kier molecular flexibility index (Phi) is 10.4. The van der Waals surface area contributed by atoms with Gasteiger partial charge in [-0.1, -0.05) is 6.08 Å². The molecule has 3 aromatic rings. The van der Waals surface area contributed by atoms with Crippen LogP contribution in [-0.4, -0.2) is 87.8 Å². The van der Waals surface area contributed by atoms with Crippen LogP contribution in [0.3, 0.4) is 0 Å². The molecule has 45 heavy (non-hydrogen) atoms. The van der Waals surface area contributed by atoms with E-state index in [0.29, 0.717) is 30.2 Å². The molecule has 0 aliphatic carbocycles. The van der Waals surface area contributed by atoms with Crippen molar-refractivity contribution in [1.29, 1.82) is 0 Å². The molecule has 1 amide bonds. The highest BCUT2D eigenvalue weighted by Gasteiger charge is 2.24. The number of hydrogen-bond donors (Lipinski definition) is 4. The average Bonchev–Trinajstić information content (AvgIpc) is 3.39. The van der Waals surface area contributed by atoms with Gasteiger partial charge in [0.1, 0.15) is 23.2 Å². The van der Waals surface area contributed by atoms with Crippen molar-refractivity contribution in [3.05, 3.63) is 70.9 Å². The fourth-order valence-corrected chi connectivity index (χ4v) is 6.55. The van der Waals surface area contributed by atoms with Crippen LogP contribution < -0.4 is 20.9 Å². The van der Waals surface area contributed by atoms with Gasteiger partial charge >= 0.3 is 0 Å². The molecule has 2 fully saturated rings. The highest BCUT2D eigenvalue weighted by Crippen LogP contribution is 2.30. The summed E-state index contributed by atoms with van der Waals surface area (Å²) in [5, 5.41) is 16.2. The van der Waals surface area contributed by atoms with Gasteiger partial charge in [0.05, 0.1) is 17.0 Å². The summed E-state index contributed by atoms with van der Waals surface area (Å²) in [4.78, 5) is 18.3. The number of piperazine rings is 1. The molecule has 5 rings (SSSR count). The molecular formula is C31H39F2N7O4S. The van der Waals surface area contributed by atoms with Crippen molar-refractivity contribution in [3.63, 3.8) is 0 Å². The first-order chi connectivity index (χ1) is 21.6. The molecule has 0 bridgehead atoms. The molecule has 1 aromatic heterocycles. The van der Waals surface area contributed by atoms with Crippen molar-refractivity contribution in [2.24, 2.45) is 0 Å². The molecule has 14 heteroatoms. The van der Waals surface area contributed by atoms with E-state index in [1.807, 2.05) is 12.1 Å². The molecule has 0 atom stereocenters. The number of nitrogens with zero attached hydrogens (tertiary/aromatic N) is 3. The first kappa shape index (κ1) is 32.4. The fraction of sp³-hybridized carbons (Fsp3) is 0.419. The highest BCUT2D eigenvalue weighted by molar-refractivity contribution is 7.90. The summed E-state index contributed by atoms with van der Waals surface area (Å²) in [5.74, 6) is -3.18. The molecule has 4 N–H and O–H groups in total. The summed E-state index contributed by atoms with van der Waals surface area (Å²) in [6.45, 7) is 6.71. The zero-order valence-electron chi connectivity index (χ0n) is 25.4. The Morgan fingerprint density at radius 2 is 1.87 bits per heavy atom. The smallest absolute Gasteiger partial charge is 0.259 e. The Labute approximate surface area is 261 Å². The Hall–Kier alpha value is -4.01. The van der Waals surface area contributed by atoms with Gasteiger partial charge in [-0.3, -0.25) is 9.89 Å². The standard InChI is InChI=1S/C31H39F2N7O4S/c1-3-4-27-29(34-20-45(42,43)19-21-17-22(32)5-8-26(21)33)30(38-37-27)36-31(41)25-7-6-24(40-13-11-39(2)12-14-40)18-28(25)35-23-9-15-44-16-10-23/h3-8,17-18,23,34-35H,9-16,19-20H2,1-2H3,(H2,36,37,38,41)/b4-3-. The second kappa shape index (κ2) is 14.4. The monoisotopic (exact) mass is 643 g/mol. The van der Waals surface area contributed by atoms with Crippen LogP contribution in [0.5, 0.6) is 0 Å². The fourth-order valence-electron chi connectivity index (χ4n) is 5.38. The molecule has 0 radical (unpaired) electrons. The van der Waals surface area contributed by atoms with Crippen LogP contribution in [0.4, 0.5) is 31.7 Å². The lowest BCUT2D eigenvalue weighted by Gasteiger charge is -2.34. The second-order valence-electron chi connectivity index (χ2n) is 11.3. The first-order valence-electron chi connectivity index (χ1n) is 14.9. The number of aromatic amines is 1. The molecule has 11 nitrogen and oxygen atoms in total. The maximum atomic E-state index is 14.1. The van der Waals surface area contributed by atoms with Gasteiger partial charge in [0.2, 0.25) is 0 Å². The summed E-state index contributed by atoms with van der Waals surface area (Å²) < 4.78 is 59.0. The van der Waals surface area contributed by atoms with Crippen LogP contribution in [0.25, 0.3) is 6.08 Å². The number of rotatable bonds is 11. The number of nitrogens with one attached hydrogen (secondary N) is 4. The number of anilines is 4. The summed E-state index contributed by atoms with van der Waals surface area (Å²) in [6.07, 6.45) is 5.03. The number of aromatic nitrogens is 2. The lowest BCUT2D eigenvalue weighted by atomic mass is 10.1. The van der Waals surface area contributed by atoms with Crippen LogP contribution in [0.15, 0.2) is 42.5 Å². The molecule has 2 saturated heterocycles. The summed E-state index contributed by atoms with van der Waals surface area (Å²) in [5.41, 5.74) is 2.54. The predicted octanol–water partition coefficient (Wildman–Crippen LogP) is 4.30. The minimum Gasteiger partial charge on any atom is -0.381 e. The Morgan fingerprint density at radius 3 is 2.60 bits per heavy atom. The number of benzene rings is 2. The number of hydrogen-bond acceptors (Lipinski definition) is 9. The lowest BCUT2D eigenvalue weighted by molar-refractivity contribution is 0.0904. The van der Waals surface area contributed by atoms with Gasteiger partial charge < -0.3 is 30.5 Å². The van der Waals surface area contributed by atoms with Crippen LogP contribution >= 0.6 is 0 Å². The van der Waals surface area contributed by atoms with Crippen molar-refractivity contribution in [1.82, 2.24) is 15.1 Å². The Morgan fingerprint density at radius 1 is 1.11 bits per heavy atom. The predicted molar refractivity (Wildman–Crippen MR) is 172 cm³/mol. The maximum absolute atomic E-state index is 14.1. The zero-order valence-corrected chi connectivity index (χ0v) is 26.2. The number of H-pyrrole nitrogens is 1. The quantitative estimate of drug-likeness (QED) is 0.242. The zero-order chi connectivity index (χ0) is 32.0.